The first-order valence-corrected chi connectivity index (χ1v) is 7.99. The maximum atomic E-state index is 5.93. The molecule has 0 aromatic heterocycles. The lowest BCUT2D eigenvalue weighted by Crippen LogP contribution is -2.29. The van der Waals surface area contributed by atoms with Crippen molar-refractivity contribution in [2.75, 3.05) is 13.2 Å². The fourth-order valence-electron chi connectivity index (χ4n) is 2.58. The van der Waals surface area contributed by atoms with Crippen molar-refractivity contribution in [3.05, 3.63) is 29.8 Å². The highest BCUT2D eigenvalue weighted by atomic mass is 16.5. The van der Waals surface area contributed by atoms with Crippen LogP contribution in [0.2, 0.25) is 0 Å². The van der Waals surface area contributed by atoms with Gasteiger partial charge in [0.2, 0.25) is 0 Å². The second kappa shape index (κ2) is 8.31. The molecule has 0 saturated carbocycles. The molecule has 0 heterocycles. The van der Waals surface area contributed by atoms with Crippen LogP contribution >= 0.6 is 0 Å². The van der Waals surface area contributed by atoms with Gasteiger partial charge in [-0.2, -0.15) is 0 Å². The molecule has 0 radical (unpaired) electrons. The minimum atomic E-state index is 0.310. The third kappa shape index (κ3) is 4.82. The third-order valence-corrected chi connectivity index (χ3v) is 4.60. The van der Waals surface area contributed by atoms with E-state index in [2.05, 4.69) is 52.0 Å². The topological polar surface area (TPSA) is 35.2 Å². The maximum Gasteiger partial charge on any atom is 0.119 e. The fraction of sp³-hybridized carbons (Fsp3) is 0.667. The van der Waals surface area contributed by atoms with Crippen molar-refractivity contribution < 1.29 is 4.74 Å². The summed E-state index contributed by atoms with van der Waals surface area (Å²) in [5, 5.41) is 0. The van der Waals surface area contributed by atoms with Crippen LogP contribution in [-0.4, -0.2) is 13.2 Å². The normalized spacial score (nSPS) is 11.9. The number of hydrogen-bond acceptors (Lipinski definition) is 2. The average Bonchev–Trinajstić information content (AvgIpc) is 2.49. The van der Waals surface area contributed by atoms with E-state index in [1.54, 1.807) is 0 Å². The quantitative estimate of drug-likeness (QED) is 0.662. The molecule has 1 rings (SSSR count). The van der Waals surface area contributed by atoms with Gasteiger partial charge in [0.15, 0.2) is 0 Å². The van der Waals surface area contributed by atoms with E-state index < -0.39 is 0 Å². The molecule has 0 amide bonds. The highest BCUT2D eigenvalue weighted by molar-refractivity contribution is 5.28. The Hall–Kier alpha value is -1.02. The van der Waals surface area contributed by atoms with E-state index in [0.29, 0.717) is 11.3 Å². The Labute approximate surface area is 124 Å². The number of benzene rings is 1. The van der Waals surface area contributed by atoms with Crippen LogP contribution < -0.4 is 10.5 Å². The number of ether oxygens (including phenoxy) is 1. The first-order chi connectivity index (χ1) is 9.56. The molecular formula is C18H31NO. The summed E-state index contributed by atoms with van der Waals surface area (Å²) in [6.45, 7) is 10.4. The number of hydrogen-bond donors (Lipinski definition) is 1. The van der Waals surface area contributed by atoms with Crippen LogP contribution in [0.3, 0.4) is 0 Å². The van der Waals surface area contributed by atoms with Gasteiger partial charge in [-0.15, -0.1) is 0 Å². The van der Waals surface area contributed by atoms with Crippen molar-refractivity contribution in [1.29, 1.82) is 0 Å². The van der Waals surface area contributed by atoms with Gasteiger partial charge >= 0.3 is 0 Å². The Morgan fingerprint density at radius 1 is 1.10 bits per heavy atom. The van der Waals surface area contributed by atoms with E-state index >= 15 is 0 Å². The Bertz CT molecular complexity index is 357. The van der Waals surface area contributed by atoms with Crippen LogP contribution in [0, 0.1) is 5.41 Å². The van der Waals surface area contributed by atoms with Gasteiger partial charge in [-0.05, 0) is 61.3 Å². The van der Waals surface area contributed by atoms with Gasteiger partial charge in [0, 0.05) is 0 Å². The summed E-state index contributed by atoms with van der Waals surface area (Å²) in [5.74, 6) is 1.55. The lowest BCUT2D eigenvalue weighted by molar-refractivity contribution is 0.213. The maximum absolute atomic E-state index is 5.93. The number of nitrogens with two attached hydrogens (primary N) is 1. The van der Waals surface area contributed by atoms with Gasteiger partial charge < -0.3 is 10.5 Å². The zero-order valence-electron chi connectivity index (χ0n) is 13.6. The van der Waals surface area contributed by atoms with Crippen molar-refractivity contribution in [2.24, 2.45) is 11.1 Å². The molecule has 2 N–H and O–H groups in total. The first kappa shape index (κ1) is 17.0. The van der Waals surface area contributed by atoms with E-state index in [-0.39, 0.29) is 0 Å². The van der Waals surface area contributed by atoms with E-state index in [0.717, 1.165) is 44.6 Å². The molecule has 0 saturated heterocycles. The highest BCUT2D eigenvalue weighted by Gasteiger charge is 2.23. The molecule has 0 aliphatic rings. The molecule has 0 bridgehead atoms. The van der Waals surface area contributed by atoms with Crippen LogP contribution in [0.1, 0.15) is 64.9 Å². The summed E-state index contributed by atoms with van der Waals surface area (Å²) in [6.07, 6.45) is 4.54. The molecule has 0 unspecified atom stereocenters. The van der Waals surface area contributed by atoms with Crippen LogP contribution in [0.4, 0.5) is 0 Å². The molecule has 0 aliphatic heterocycles. The second-order valence-corrected chi connectivity index (χ2v) is 6.09. The summed E-state index contributed by atoms with van der Waals surface area (Å²) in [6, 6.07) is 8.46. The molecule has 0 spiro atoms. The summed E-state index contributed by atoms with van der Waals surface area (Å²) >= 11 is 0. The summed E-state index contributed by atoms with van der Waals surface area (Å²) < 4.78 is 5.83. The smallest absolute Gasteiger partial charge is 0.119 e. The molecule has 0 fully saturated rings. The fourth-order valence-corrected chi connectivity index (χ4v) is 2.58. The van der Waals surface area contributed by atoms with Crippen molar-refractivity contribution >= 4 is 0 Å². The minimum Gasteiger partial charge on any atom is -0.494 e. The zero-order valence-corrected chi connectivity index (χ0v) is 13.6. The predicted molar refractivity (Wildman–Crippen MR) is 87.3 cm³/mol. The molecule has 1 aromatic carbocycles. The molecule has 2 heteroatoms. The van der Waals surface area contributed by atoms with Crippen molar-refractivity contribution in [3.8, 4) is 5.75 Å². The SMILES string of the molecule is CCC(CC)(CN)CCCOc1ccc(C(C)C)cc1. The van der Waals surface area contributed by atoms with Gasteiger partial charge in [-0.1, -0.05) is 39.8 Å². The van der Waals surface area contributed by atoms with Gasteiger partial charge in [0.25, 0.3) is 0 Å². The minimum absolute atomic E-state index is 0.310. The van der Waals surface area contributed by atoms with Crippen molar-refractivity contribution in [2.45, 2.75) is 59.3 Å². The molecular weight excluding hydrogens is 246 g/mol. The van der Waals surface area contributed by atoms with Gasteiger partial charge in [0.05, 0.1) is 6.61 Å². The van der Waals surface area contributed by atoms with Gasteiger partial charge in [-0.25, -0.2) is 0 Å². The van der Waals surface area contributed by atoms with Crippen LogP contribution in [-0.2, 0) is 0 Å². The second-order valence-electron chi connectivity index (χ2n) is 6.09. The van der Waals surface area contributed by atoms with E-state index in [1.165, 1.54) is 5.56 Å². The third-order valence-electron chi connectivity index (χ3n) is 4.60. The van der Waals surface area contributed by atoms with Crippen LogP contribution in [0.5, 0.6) is 5.75 Å². The molecule has 1 aromatic rings. The number of rotatable bonds is 9. The van der Waals surface area contributed by atoms with Gasteiger partial charge in [-0.3, -0.25) is 0 Å². The molecule has 20 heavy (non-hydrogen) atoms. The van der Waals surface area contributed by atoms with E-state index in [9.17, 15) is 0 Å². The molecule has 114 valence electrons. The predicted octanol–water partition coefficient (Wildman–Crippen LogP) is 4.73. The first-order valence-electron chi connectivity index (χ1n) is 7.99. The lowest BCUT2D eigenvalue weighted by Gasteiger charge is -2.30. The van der Waals surface area contributed by atoms with Gasteiger partial charge in [0.1, 0.15) is 5.75 Å². The highest BCUT2D eigenvalue weighted by Crippen LogP contribution is 2.30. The average molecular weight is 277 g/mol. The zero-order chi connectivity index (χ0) is 15.0. The molecule has 0 aliphatic carbocycles. The Morgan fingerprint density at radius 3 is 2.15 bits per heavy atom. The van der Waals surface area contributed by atoms with Crippen molar-refractivity contribution in [3.63, 3.8) is 0 Å². The largest absolute Gasteiger partial charge is 0.494 e. The summed E-state index contributed by atoms with van der Waals surface area (Å²) in [7, 11) is 0. The Kier molecular flexibility index (Phi) is 7.08. The summed E-state index contributed by atoms with van der Waals surface area (Å²) in [5.41, 5.74) is 7.59. The Morgan fingerprint density at radius 2 is 1.70 bits per heavy atom. The standard InChI is InChI=1S/C18H31NO/c1-5-18(6-2,14-19)12-7-13-20-17-10-8-16(9-11-17)15(3)4/h8-11,15H,5-7,12-14,19H2,1-4H3. The molecule has 0 atom stereocenters. The van der Waals surface area contributed by atoms with E-state index in [1.807, 2.05) is 0 Å². The lowest BCUT2D eigenvalue weighted by atomic mass is 9.78. The van der Waals surface area contributed by atoms with Crippen molar-refractivity contribution in [1.82, 2.24) is 0 Å². The van der Waals surface area contributed by atoms with E-state index in [4.69, 9.17) is 10.5 Å². The monoisotopic (exact) mass is 277 g/mol. The Balaban J connectivity index is 2.37. The van der Waals surface area contributed by atoms with Crippen LogP contribution in [0.15, 0.2) is 24.3 Å². The molecule has 2 nitrogen and oxygen atoms in total. The van der Waals surface area contributed by atoms with Crippen LogP contribution in [0.25, 0.3) is 0 Å². The summed E-state index contributed by atoms with van der Waals surface area (Å²) in [4.78, 5) is 0.